The number of halogens is 5. The van der Waals surface area contributed by atoms with Crippen molar-refractivity contribution < 1.29 is 173 Å². The lowest BCUT2D eigenvalue weighted by Gasteiger charge is -2.43. The molecule has 7 aromatic carbocycles. The quantitative estimate of drug-likeness (QED) is 0.0488. The van der Waals surface area contributed by atoms with Crippen LogP contribution in [0.3, 0.4) is 0 Å². The average Bonchev–Trinajstić information content (AvgIpc) is 0.749. The van der Waals surface area contributed by atoms with Gasteiger partial charge in [-0.2, -0.15) is 0 Å². The largest absolute Gasteiger partial charge is 0.508 e. The van der Waals surface area contributed by atoms with Crippen LogP contribution in [0.5, 0.6) is 69.0 Å². The number of benzene rings is 7. The van der Waals surface area contributed by atoms with Crippen molar-refractivity contribution in [1.82, 2.24) is 42.5 Å². The maximum absolute atomic E-state index is 17.1. The second-order valence-electron chi connectivity index (χ2n) is 32.7. The number of hydrogen-bond donors (Lipinski definition) is 25. The third kappa shape index (κ3) is 20.8. The number of carboxylic acids is 2. The van der Waals surface area contributed by atoms with Crippen LogP contribution in [0.25, 0.3) is 11.1 Å². The molecule has 0 aromatic heterocycles. The third-order valence-corrected chi connectivity index (χ3v) is 25.2. The van der Waals surface area contributed by atoms with Gasteiger partial charge in [0.1, 0.15) is 150 Å². The van der Waals surface area contributed by atoms with Crippen molar-refractivity contribution in [2.24, 2.45) is 0 Å². The minimum Gasteiger partial charge on any atom is -0.508 e. The molecule has 9 aliphatic rings. The number of phenols is 4. The number of nitrogens with one attached hydrogen (secondary N) is 8. The van der Waals surface area contributed by atoms with E-state index in [0.29, 0.717) is 25.0 Å². The number of aliphatic hydroxyl groups excluding tert-OH is 11. The molecular weight excluding hydrogens is 1890 g/mol. The summed E-state index contributed by atoms with van der Waals surface area (Å²) in [6, 6.07) is -4.49. The van der Waals surface area contributed by atoms with Gasteiger partial charge >= 0.3 is 11.9 Å². The highest BCUT2D eigenvalue weighted by molar-refractivity contribution is 6.37. The number of likely N-dealkylation sites (N-methyl/N-ethyl adjacent to an activating group) is 1. The van der Waals surface area contributed by atoms with Gasteiger partial charge in [0.25, 0.3) is 0 Å². The number of aromatic hydroxyl groups is 4. The Kier molecular flexibility index (Phi) is 30.9. The van der Waals surface area contributed by atoms with Crippen LogP contribution in [-0.4, -0.2) is 265 Å². The Morgan fingerprint density at radius 2 is 1.01 bits per heavy atom. The molecule has 3 fully saturated rings. The van der Waals surface area contributed by atoms with Crippen molar-refractivity contribution in [3.63, 3.8) is 0 Å². The molecule has 3 saturated heterocycles. The molecule has 9 heterocycles. The number of phenolic OH excluding ortho intramolecular Hbond substituents is 4. The molecule has 24 atom stereocenters. The van der Waals surface area contributed by atoms with E-state index in [1.54, 1.807) is 0 Å². The van der Waals surface area contributed by atoms with Gasteiger partial charge in [-0.15, -0.1) is 0 Å². The van der Waals surface area contributed by atoms with Crippen molar-refractivity contribution in [3.05, 3.63) is 161 Å². The lowest BCUT2D eigenvalue weighted by Crippen LogP contribution is -2.66. The highest BCUT2D eigenvalue weighted by atomic mass is 35.5. The number of carboxylic acid groups (broad SMARTS) is 2. The number of hydrogen-bond acceptors (Lipinski definition) is 34. The number of unbranched alkanes of at least 4 members (excludes halogenated alkanes) is 6. The van der Waals surface area contributed by atoms with Gasteiger partial charge in [-0.25, -0.2) is 9.59 Å². The second-order valence-corrected chi connectivity index (χ2v) is 34.7. The summed E-state index contributed by atoms with van der Waals surface area (Å²) in [7, 11) is 1.32. The average molecular weight is 1990 g/mol. The van der Waals surface area contributed by atoms with Crippen LogP contribution in [0.15, 0.2) is 97.1 Å². The van der Waals surface area contributed by atoms with E-state index in [4.69, 9.17) is 101 Å². The normalized spacial score (nSPS) is 29.1. The zero-order valence-corrected chi connectivity index (χ0v) is 74.3. The van der Waals surface area contributed by atoms with E-state index in [1.165, 1.54) is 19.2 Å². The Morgan fingerprint density at radius 3 is 1.62 bits per heavy atom. The first-order valence-electron chi connectivity index (χ1n) is 42.0. The highest BCUT2D eigenvalue weighted by Gasteiger charge is 2.54. The summed E-state index contributed by atoms with van der Waals surface area (Å²) >= 11 is 36.4. The molecule has 0 aliphatic carbocycles. The number of rotatable bonds is 20. The lowest BCUT2D eigenvalue weighted by molar-refractivity contribution is -0.278. The van der Waals surface area contributed by atoms with Gasteiger partial charge in [0.15, 0.2) is 47.2 Å². The molecule has 0 spiro atoms. The number of fused-ring (bicyclic) bond motifs is 14. The maximum atomic E-state index is 17.1. The van der Waals surface area contributed by atoms with E-state index in [-0.39, 0.29) is 24.0 Å². The molecule has 0 saturated carbocycles. The second kappa shape index (κ2) is 41.8. The Bertz CT molecular complexity index is 5730. The molecule has 724 valence electrons. The molecule has 9 aliphatic heterocycles. The molecule has 16 rings (SSSR count). The van der Waals surface area contributed by atoms with Gasteiger partial charge in [0, 0.05) is 40.8 Å². The van der Waals surface area contributed by atoms with E-state index < -0.39 is 346 Å². The Balaban J connectivity index is 1.06. The minimum atomic E-state index is -2.79. The number of aliphatic carboxylic acids is 2. The number of amides is 7. The predicted molar refractivity (Wildman–Crippen MR) is 463 cm³/mol. The van der Waals surface area contributed by atoms with Crippen LogP contribution in [0.4, 0.5) is 0 Å². The zero-order valence-electron chi connectivity index (χ0n) is 70.5. The molecule has 7 aromatic rings. The van der Waals surface area contributed by atoms with E-state index in [0.717, 1.165) is 98.5 Å². The van der Waals surface area contributed by atoms with E-state index in [1.807, 2.05) is 6.92 Å². The molecule has 48 heteroatoms. The Hall–Kier alpha value is -11.2. The summed E-state index contributed by atoms with van der Waals surface area (Å²) in [5.41, 5.74) is -5.61. The van der Waals surface area contributed by atoms with Gasteiger partial charge in [0.05, 0.1) is 38.3 Å². The maximum Gasteiger partial charge on any atom is 0.335 e. The SMILES string of the molecule is CCCCCCCCCC(=O)N[C@H]1[C@@H](O[C@@H]2c3cc(Cl)c(c(Cl)c3)Oc3cc4cc(c3O[C@@H]3O[C@H](CO)[C@@H](O)[C@H](O)[C@@H]3O)Oc3ccc(cc3Cl)[C@@H](O)[C@H]3NC(=O)[C@H](NC)c5ccc(O)c(c5)Oc5cc(O)c(Cl)c(c5)[C@H](NC3=O)C(=O)N[C@H]4C(=O)N[C@H]3C(=O)N[C@@H]2C(=O)N[C@H](C(=O)O)c2cc(O)cc(O)c2-c2cc3cc(Cl)c2O[C@@H]2O[C@H](CO)[C@@H](O)[C@H](O)[C@H]2O)O[C@H](C(=O)O)[C@@H](O)[C@@H]1O. The van der Waals surface area contributed by atoms with Crippen LogP contribution < -0.4 is 66.2 Å². The summed E-state index contributed by atoms with van der Waals surface area (Å²) < 4.78 is 56.3. The van der Waals surface area contributed by atoms with Crippen LogP contribution in [0, 0.1) is 0 Å². The van der Waals surface area contributed by atoms with Gasteiger partial charge in [-0.05, 0) is 114 Å². The first-order chi connectivity index (χ1) is 64.2. The summed E-state index contributed by atoms with van der Waals surface area (Å²) in [6.45, 7) is -0.158. The van der Waals surface area contributed by atoms with E-state index >= 15 is 24.0 Å². The van der Waals surface area contributed by atoms with Crippen molar-refractivity contribution in [3.8, 4) is 80.1 Å². The fourth-order valence-electron chi connectivity index (χ4n) is 16.6. The van der Waals surface area contributed by atoms with Crippen molar-refractivity contribution >= 4 is 111 Å². The summed E-state index contributed by atoms with van der Waals surface area (Å²) in [5, 5.41) is 211. The topological polar surface area (TPSA) is 677 Å². The fraction of sp³-hybridized carbons (Fsp3) is 0.414. The van der Waals surface area contributed by atoms with Gasteiger partial charge in [0.2, 0.25) is 59.7 Å². The molecule has 43 nitrogen and oxygen atoms in total. The predicted octanol–water partition coefficient (Wildman–Crippen LogP) is 2.82. The Morgan fingerprint density at radius 1 is 0.452 bits per heavy atom. The summed E-state index contributed by atoms with van der Waals surface area (Å²) in [6.07, 6.45) is -31.6. The van der Waals surface area contributed by atoms with Crippen molar-refractivity contribution in [2.45, 2.75) is 205 Å². The molecule has 0 unspecified atom stereocenters. The first kappa shape index (κ1) is 99.7. The van der Waals surface area contributed by atoms with Gasteiger partial charge in [-0.3, -0.25) is 33.6 Å². The molecule has 25 N–H and O–H groups in total. The number of carbonyl (C=O) groups is 9. The van der Waals surface area contributed by atoms with Crippen LogP contribution in [-0.2, 0) is 62.1 Å². The third-order valence-electron chi connectivity index (χ3n) is 23.6. The molecule has 135 heavy (non-hydrogen) atoms. The molecule has 17 bridgehead atoms. The molecule has 0 radical (unpaired) electrons. The molecule has 7 amide bonds. The monoisotopic (exact) mass is 1980 g/mol. The molecular formula is C87H91Cl5N8O35. The van der Waals surface area contributed by atoms with E-state index in [2.05, 4.69) is 42.5 Å². The van der Waals surface area contributed by atoms with Crippen LogP contribution >= 0.6 is 58.0 Å². The van der Waals surface area contributed by atoms with E-state index in [9.17, 15) is 106 Å². The smallest absolute Gasteiger partial charge is 0.335 e. The fourth-order valence-corrected chi connectivity index (χ4v) is 17.9. The zero-order chi connectivity index (χ0) is 97.5. The van der Waals surface area contributed by atoms with Crippen molar-refractivity contribution in [2.75, 3.05) is 20.3 Å². The minimum absolute atomic E-state index is 0.0424. The van der Waals surface area contributed by atoms with Crippen LogP contribution in [0.1, 0.15) is 140 Å². The van der Waals surface area contributed by atoms with Crippen LogP contribution in [0.2, 0.25) is 25.1 Å². The number of ether oxygens (including phenoxy) is 9. The van der Waals surface area contributed by atoms with Crippen molar-refractivity contribution in [1.29, 1.82) is 0 Å². The lowest BCUT2D eigenvalue weighted by atomic mass is 9.89. The summed E-state index contributed by atoms with van der Waals surface area (Å²) in [4.78, 5) is 140. The standard InChI is InChI=1S/C87H91Cl5N8O35/c1-3-4-5-6-7-8-9-10-52(107)94-61-66(111)69(114)76(84(125)126)135-85(61)132-72-33-18-41(90)74(42(91)19-33)129-49-22-32-21-48(75(49)134-87-71(116)68(113)65(110)51(28-102)131-87)128-46-14-12-30(16-39(46)88)63(108)60-81(121)97-58(38-25-35(26-45(106)54(38)92)127-47-20-29(11-13-43(47)104)55(93-2)77(117)99-60)80(120)96-57(32)78(118)95-56-31-15-37(73(40(89)17-31)133-86-70(115)67(112)64(109)50(27-101)130-86)53-36(23-34(103)24-44(53)105)59(83(123)124)98-82(122)62(72)100-79(56)119/h11-26,50-51,55-72,76,85-87,93,101-106,108-116H,3-10,27-28H2,1-2H3,(H,94,107)(H,95,118)(H,96,120)(H,97,121)(H,98,122)(H,99,117)(H,100,119)(H,123,124)(H,125,126)/t50-,51-,55-,56-,57-,58+,59+,60-,61-,62+,63-,64-,65-,66-,67+,68+,69+,70-,71+,72-,76+,85+,86+,87+/m1/s1. The van der Waals surface area contributed by atoms with Gasteiger partial charge in [-0.1, -0.05) is 116 Å². The number of aliphatic hydroxyl groups is 11. The van der Waals surface area contributed by atoms with Gasteiger partial charge < -0.3 is 172 Å². The first-order valence-corrected chi connectivity index (χ1v) is 43.9. The number of carbonyl (C=O) groups excluding carboxylic acids is 7. The Labute approximate surface area is 788 Å². The highest BCUT2D eigenvalue weighted by Crippen LogP contribution is 2.53. The summed E-state index contributed by atoms with van der Waals surface area (Å²) in [5.74, 6) is -24.0.